The van der Waals surface area contributed by atoms with Crippen LogP contribution in [0.2, 0.25) is 0 Å². The summed E-state index contributed by atoms with van der Waals surface area (Å²) in [5.41, 5.74) is 0.723. The summed E-state index contributed by atoms with van der Waals surface area (Å²) in [6.07, 6.45) is 2.08. The van der Waals surface area contributed by atoms with Crippen molar-refractivity contribution < 1.29 is 9.53 Å². The molecule has 1 unspecified atom stereocenters. The number of ether oxygens (including phenoxy) is 1. The Morgan fingerprint density at radius 3 is 2.88 bits per heavy atom. The Balaban J connectivity index is 2.36. The van der Waals surface area contributed by atoms with Crippen molar-refractivity contribution in [2.24, 2.45) is 0 Å². The van der Waals surface area contributed by atoms with E-state index in [1.807, 2.05) is 25.1 Å². The molecule has 1 aromatic rings. The lowest BCUT2D eigenvalue weighted by molar-refractivity contribution is 0.0948. The Bertz CT molecular complexity index is 439. The van der Waals surface area contributed by atoms with Crippen LogP contribution in [0.3, 0.4) is 0 Å². The highest BCUT2D eigenvalue weighted by Gasteiger charge is 2.38. The molecular formula is C13H15BrO2S. The molecule has 0 amide bonds. The van der Waals surface area contributed by atoms with Gasteiger partial charge in [-0.15, -0.1) is 11.8 Å². The van der Waals surface area contributed by atoms with Crippen LogP contribution in [-0.2, 0) is 0 Å². The molecule has 0 aliphatic carbocycles. The molecule has 1 saturated heterocycles. The fraction of sp³-hybridized carbons (Fsp3) is 0.462. The predicted molar refractivity (Wildman–Crippen MR) is 75.1 cm³/mol. The second-order valence-corrected chi connectivity index (χ2v) is 6.81. The van der Waals surface area contributed by atoms with Gasteiger partial charge in [0.15, 0.2) is 5.78 Å². The molecule has 0 radical (unpaired) electrons. The summed E-state index contributed by atoms with van der Waals surface area (Å²) in [5.74, 6) is 2.00. The topological polar surface area (TPSA) is 26.3 Å². The molecule has 1 fully saturated rings. The first-order valence-electron chi connectivity index (χ1n) is 5.59. The van der Waals surface area contributed by atoms with Crippen molar-refractivity contribution in [3.05, 3.63) is 28.2 Å². The number of ketones is 1. The van der Waals surface area contributed by atoms with E-state index in [1.165, 1.54) is 0 Å². The minimum Gasteiger partial charge on any atom is -0.497 e. The van der Waals surface area contributed by atoms with Crippen molar-refractivity contribution in [2.75, 3.05) is 12.9 Å². The minimum absolute atomic E-state index is 0.200. The Morgan fingerprint density at radius 2 is 2.29 bits per heavy atom. The monoisotopic (exact) mass is 314 g/mol. The Labute approximate surface area is 114 Å². The van der Waals surface area contributed by atoms with Crippen molar-refractivity contribution in [1.29, 1.82) is 0 Å². The lowest BCUT2D eigenvalue weighted by atomic mass is 9.94. The normalized spacial score (nSPS) is 23.7. The van der Waals surface area contributed by atoms with E-state index in [1.54, 1.807) is 18.9 Å². The number of thioether (sulfide) groups is 1. The quantitative estimate of drug-likeness (QED) is 0.791. The zero-order valence-corrected chi connectivity index (χ0v) is 12.4. The van der Waals surface area contributed by atoms with Crippen LogP contribution >= 0.6 is 27.7 Å². The molecule has 1 aliphatic rings. The van der Waals surface area contributed by atoms with Crippen LogP contribution in [0.1, 0.15) is 30.1 Å². The maximum absolute atomic E-state index is 12.6. The summed E-state index contributed by atoms with van der Waals surface area (Å²) >= 11 is 5.20. The van der Waals surface area contributed by atoms with Crippen molar-refractivity contribution in [2.45, 2.75) is 24.5 Å². The van der Waals surface area contributed by atoms with Gasteiger partial charge in [-0.05, 0) is 43.7 Å². The van der Waals surface area contributed by atoms with Gasteiger partial charge in [0.05, 0.1) is 11.9 Å². The molecule has 17 heavy (non-hydrogen) atoms. The summed E-state index contributed by atoms with van der Waals surface area (Å²) < 4.78 is 5.75. The van der Waals surface area contributed by atoms with Gasteiger partial charge in [-0.25, -0.2) is 0 Å². The van der Waals surface area contributed by atoms with E-state index in [0.717, 1.165) is 34.4 Å². The van der Waals surface area contributed by atoms with Crippen molar-refractivity contribution in [1.82, 2.24) is 0 Å². The van der Waals surface area contributed by atoms with Gasteiger partial charge in [0.25, 0.3) is 0 Å². The molecule has 2 rings (SSSR count). The molecule has 1 atom stereocenters. The van der Waals surface area contributed by atoms with Crippen LogP contribution in [0.5, 0.6) is 5.75 Å². The summed E-state index contributed by atoms with van der Waals surface area (Å²) in [4.78, 5) is 12.6. The lowest BCUT2D eigenvalue weighted by Gasteiger charge is -2.21. The number of Topliss-reactive ketones (excluding diaryl/α,β-unsaturated/α-hetero) is 1. The summed E-state index contributed by atoms with van der Waals surface area (Å²) in [6, 6.07) is 5.54. The van der Waals surface area contributed by atoms with Crippen molar-refractivity contribution in [3.8, 4) is 5.75 Å². The number of rotatable bonds is 3. The number of halogens is 1. The minimum atomic E-state index is -0.269. The van der Waals surface area contributed by atoms with E-state index in [9.17, 15) is 4.79 Å². The molecule has 92 valence electrons. The first kappa shape index (κ1) is 13.0. The average Bonchev–Trinajstić information content (AvgIpc) is 2.77. The van der Waals surface area contributed by atoms with Gasteiger partial charge in [-0.1, -0.05) is 15.9 Å². The third kappa shape index (κ3) is 2.52. The van der Waals surface area contributed by atoms with Crippen LogP contribution in [0, 0.1) is 0 Å². The van der Waals surface area contributed by atoms with Gasteiger partial charge in [-0.3, -0.25) is 4.79 Å². The van der Waals surface area contributed by atoms with Crippen LogP contribution in [0.25, 0.3) is 0 Å². The largest absolute Gasteiger partial charge is 0.497 e. The molecule has 0 aromatic heterocycles. The number of methoxy groups -OCH3 is 1. The van der Waals surface area contributed by atoms with Crippen LogP contribution in [-0.4, -0.2) is 23.4 Å². The predicted octanol–water partition coefficient (Wildman–Crippen LogP) is 3.93. The zero-order chi connectivity index (χ0) is 12.5. The Hall–Kier alpha value is -0.480. The van der Waals surface area contributed by atoms with Gasteiger partial charge in [0, 0.05) is 10.0 Å². The maximum Gasteiger partial charge on any atom is 0.179 e. The molecule has 4 heteroatoms. The van der Waals surface area contributed by atoms with Gasteiger partial charge in [0.2, 0.25) is 0 Å². The van der Waals surface area contributed by atoms with Crippen LogP contribution in [0.15, 0.2) is 22.7 Å². The van der Waals surface area contributed by atoms with Crippen LogP contribution in [0.4, 0.5) is 0 Å². The van der Waals surface area contributed by atoms with E-state index >= 15 is 0 Å². The number of benzene rings is 1. The summed E-state index contributed by atoms with van der Waals surface area (Å²) in [6.45, 7) is 2.04. The molecule has 0 bridgehead atoms. The number of hydrogen-bond acceptors (Lipinski definition) is 3. The second-order valence-electron chi connectivity index (χ2n) is 4.36. The fourth-order valence-corrected chi connectivity index (χ4v) is 3.74. The SMILES string of the molecule is COc1ccc(Br)c(C(=O)C2(C)CCCS2)c1. The summed E-state index contributed by atoms with van der Waals surface area (Å²) in [5, 5.41) is 0. The molecular weight excluding hydrogens is 300 g/mol. The van der Waals surface area contributed by atoms with Crippen LogP contribution < -0.4 is 4.74 Å². The number of carbonyl (C=O) groups excluding carboxylic acids is 1. The van der Waals surface area contributed by atoms with Gasteiger partial charge in [-0.2, -0.15) is 0 Å². The first-order chi connectivity index (χ1) is 8.07. The van der Waals surface area contributed by atoms with E-state index in [-0.39, 0.29) is 10.5 Å². The first-order valence-corrected chi connectivity index (χ1v) is 7.37. The molecule has 1 aliphatic heterocycles. The van der Waals surface area contributed by atoms with Crippen molar-refractivity contribution in [3.63, 3.8) is 0 Å². The van der Waals surface area contributed by atoms with E-state index in [2.05, 4.69) is 15.9 Å². The van der Waals surface area contributed by atoms with Gasteiger partial charge in [0.1, 0.15) is 5.75 Å². The van der Waals surface area contributed by atoms with Gasteiger partial charge < -0.3 is 4.74 Å². The number of hydrogen-bond donors (Lipinski definition) is 0. The average molecular weight is 315 g/mol. The molecule has 0 spiro atoms. The molecule has 0 saturated carbocycles. The molecule has 2 nitrogen and oxygen atoms in total. The number of carbonyl (C=O) groups is 1. The highest BCUT2D eigenvalue weighted by atomic mass is 79.9. The smallest absolute Gasteiger partial charge is 0.179 e. The lowest BCUT2D eigenvalue weighted by Crippen LogP contribution is -2.29. The molecule has 1 aromatic carbocycles. The summed E-state index contributed by atoms with van der Waals surface area (Å²) in [7, 11) is 1.61. The van der Waals surface area contributed by atoms with E-state index in [0.29, 0.717) is 0 Å². The highest BCUT2D eigenvalue weighted by molar-refractivity contribution is 9.10. The second kappa shape index (κ2) is 5.02. The third-order valence-corrected chi connectivity index (χ3v) is 5.33. The van der Waals surface area contributed by atoms with E-state index < -0.39 is 0 Å². The zero-order valence-electron chi connectivity index (χ0n) is 9.96. The van der Waals surface area contributed by atoms with E-state index in [4.69, 9.17) is 4.74 Å². The Morgan fingerprint density at radius 1 is 1.53 bits per heavy atom. The standard InChI is InChI=1S/C13H15BrO2S/c1-13(6-3-7-17-13)12(15)10-8-9(16-2)4-5-11(10)14/h4-5,8H,3,6-7H2,1-2H3. The highest BCUT2D eigenvalue weighted by Crippen LogP contribution is 2.41. The Kier molecular flexibility index (Phi) is 3.83. The maximum atomic E-state index is 12.6. The molecule has 1 heterocycles. The van der Waals surface area contributed by atoms with Crippen molar-refractivity contribution >= 4 is 33.5 Å². The molecule has 0 N–H and O–H groups in total. The third-order valence-electron chi connectivity index (χ3n) is 3.12. The van der Waals surface area contributed by atoms with Gasteiger partial charge >= 0.3 is 0 Å². The fourth-order valence-electron chi connectivity index (χ4n) is 2.05.